The quantitative estimate of drug-likeness (QED) is 0.329. The first-order chi connectivity index (χ1) is 20.3. The molecule has 0 spiro atoms. The van der Waals surface area contributed by atoms with Gasteiger partial charge in [0, 0.05) is 44.1 Å². The maximum atomic E-state index is 13.1. The van der Waals surface area contributed by atoms with Gasteiger partial charge in [-0.05, 0) is 63.4 Å². The molecule has 1 saturated heterocycles. The summed E-state index contributed by atoms with van der Waals surface area (Å²) in [5.74, 6) is 4.73. The molecule has 3 aliphatic rings. The molecular formula is C30H37N9O3. The Morgan fingerprint density at radius 1 is 1.19 bits per heavy atom. The van der Waals surface area contributed by atoms with Gasteiger partial charge in [0.05, 0.1) is 24.0 Å². The molecule has 0 unspecified atom stereocenters. The lowest BCUT2D eigenvalue weighted by atomic mass is 9.98. The zero-order valence-electron chi connectivity index (χ0n) is 24.1. The van der Waals surface area contributed by atoms with E-state index in [0.29, 0.717) is 55.7 Å². The van der Waals surface area contributed by atoms with Crippen LogP contribution in [0.1, 0.15) is 56.1 Å². The number of nitrogens with one attached hydrogen (secondary N) is 1. The van der Waals surface area contributed by atoms with Gasteiger partial charge in [0.2, 0.25) is 11.8 Å². The van der Waals surface area contributed by atoms with Crippen LogP contribution in [0.15, 0.2) is 24.8 Å². The van der Waals surface area contributed by atoms with Crippen LogP contribution in [0.2, 0.25) is 0 Å². The summed E-state index contributed by atoms with van der Waals surface area (Å²) in [6.07, 6.45) is 16.9. The lowest BCUT2D eigenvalue weighted by Gasteiger charge is -2.32. The van der Waals surface area contributed by atoms with Crippen molar-refractivity contribution in [2.75, 3.05) is 36.9 Å². The zero-order valence-corrected chi connectivity index (χ0v) is 24.1. The number of nitrogens with two attached hydrogens (primary N) is 1. The first-order valence-corrected chi connectivity index (χ1v) is 14.6. The molecule has 1 amide bonds. The fourth-order valence-corrected chi connectivity index (χ4v) is 5.10. The fourth-order valence-electron chi connectivity index (χ4n) is 5.10. The molecule has 4 heterocycles. The van der Waals surface area contributed by atoms with Crippen molar-refractivity contribution in [2.24, 2.45) is 24.3 Å². The first kappa shape index (κ1) is 27.8. The molecule has 3 fully saturated rings. The summed E-state index contributed by atoms with van der Waals surface area (Å²) < 4.78 is 13.9. The highest BCUT2D eigenvalue weighted by Gasteiger charge is 2.42. The Kier molecular flexibility index (Phi) is 7.58. The lowest BCUT2D eigenvalue weighted by Crippen LogP contribution is -2.38. The number of ether oxygens (including phenoxy) is 2. The van der Waals surface area contributed by atoms with E-state index in [2.05, 4.69) is 41.1 Å². The number of anilines is 2. The smallest absolute Gasteiger partial charge is 0.322 e. The highest BCUT2D eigenvalue weighted by molar-refractivity contribution is 5.91. The molecule has 0 bridgehead atoms. The number of terminal acetylenes is 1. The summed E-state index contributed by atoms with van der Waals surface area (Å²) in [5.41, 5.74) is 7.51. The third-order valence-electron chi connectivity index (χ3n) is 8.39. The van der Waals surface area contributed by atoms with E-state index in [1.807, 2.05) is 30.8 Å². The van der Waals surface area contributed by atoms with E-state index in [1.54, 1.807) is 12.5 Å². The monoisotopic (exact) mass is 571 g/mol. The van der Waals surface area contributed by atoms with E-state index in [4.69, 9.17) is 21.6 Å². The molecule has 220 valence electrons. The number of nitrogen functional groups attached to an aromatic ring is 1. The normalized spacial score (nSPS) is 18.6. The van der Waals surface area contributed by atoms with E-state index < -0.39 is 0 Å². The number of hydrogen-bond donors (Lipinski definition) is 2. The van der Waals surface area contributed by atoms with Crippen LogP contribution in [0, 0.1) is 29.6 Å². The van der Waals surface area contributed by atoms with Gasteiger partial charge in [0.25, 0.3) is 5.91 Å². The van der Waals surface area contributed by atoms with Gasteiger partial charge in [-0.25, -0.2) is 9.97 Å². The molecule has 0 aromatic carbocycles. The van der Waals surface area contributed by atoms with Crippen LogP contribution < -0.4 is 25.4 Å². The van der Waals surface area contributed by atoms with Crippen LogP contribution in [0.5, 0.6) is 11.8 Å². The molecule has 12 heteroatoms. The number of nitrogens with zero attached hydrogens (tertiary/aromatic N) is 7. The van der Waals surface area contributed by atoms with Crippen LogP contribution >= 0.6 is 0 Å². The average molecular weight is 572 g/mol. The van der Waals surface area contributed by atoms with Crippen molar-refractivity contribution in [1.29, 1.82) is 0 Å². The average Bonchev–Trinajstić information content (AvgIpc) is 3.94. The van der Waals surface area contributed by atoms with E-state index in [-0.39, 0.29) is 29.2 Å². The van der Waals surface area contributed by atoms with Gasteiger partial charge in [-0.1, -0.05) is 5.92 Å². The van der Waals surface area contributed by atoms with Gasteiger partial charge in [-0.15, -0.1) is 6.42 Å². The molecule has 1 atom stereocenters. The number of aromatic nitrogens is 6. The van der Waals surface area contributed by atoms with E-state index >= 15 is 0 Å². The summed E-state index contributed by atoms with van der Waals surface area (Å²) in [5, 5.41) is 3.04. The van der Waals surface area contributed by atoms with Crippen LogP contribution in [0.4, 0.5) is 11.8 Å². The second-order valence-electron chi connectivity index (χ2n) is 11.8. The highest BCUT2D eigenvalue weighted by Crippen LogP contribution is 2.45. The van der Waals surface area contributed by atoms with Crippen molar-refractivity contribution < 1.29 is 14.3 Å². The van der Waals surface area contributed by atoms with Crippen LogP contribution in [-0.4, -0.2) is 67.7 Å². The topological polar surface area (TPSA) is 146 Å². The third kappa shape index (κ3) is 6.40. The molecule has 2 aliphatic carbocycles. The summed E-state index contributed by atoms with van der Waals surface area (Å²) in [6, 6.07) is 2.09. The Bertz CT molecular complexity index is 1480. The molecular weight excluding hydrogens is 534 g/mol. The molecule has 0 radical (unpaired) electrons. The van der Waals surface area contributed by atoms with E-state index in [1.165, 1.54) is 0 Å². The van der Waals surface area contributed by atoms with Crippen molar-refractivity contribution >= 4 is 17.7 Å². The number of aryl methyl sites for hydroxylation is 1. The van der Waals surface area contributed by atoms with Gasteiger partial charge in [-0.2, -0.15) is 15.0 Å². The number of carbonyl (C=O) groups excluding carboxylic acids is 1. The Hall–Kier alpha value is -4.40. The molecule has 1 aliphatic heterocycles. The molecule has 6 rings (SSSR count). The number of carbonyl (C=O) groups is 1. The second kappa shape index (κ2) is 11.5. The number of imidazole rings is 1. The number of amides is 1. The molecule has 3 aromatic rings. The third-order valence-corrected chi connectivity index (χ3v) is 8.39. The predicted molar refractivity (Wildman–Crippen MR) is 157 cm³/mol. The zero-order chi connectivity index (χ0) is 29.3. The molecule has 12 nitrogen and oxygen atoms in total. The van der Waals surface area contributed by atoms with E-state index in [9.17, 15) is 4.79 Å². The Balaban J connectivity index is 1.10. The highest BCUT2D eigenvalue weighted by atomic mass is 16.5. The summed E-state index contributed by atoms with van der Waals surface area (Å²) in [4.78, 5) is 37.3. The largest absolute Gasteiger partial charge is 0.489 e. The van der Waals surface area contributed by atoms with Gasteiger partial charge >= 0.3 is 6.01 Å². The standard InChI is InChI=1S/C30H37N9O3/c1-4-30(9-10-30)17-42-29-36-26(27(40)34-19(2)21-5-6-21)35-28(37-29)39-11-7-20(8-12-39)16-41-24-13-22(14-32-25(24)31)23-15-38(3)18-33-23/h1,13-15,18-21H,5-12,16-17H2,2-3H3,(H2,31,32)(H,34,40)/t19-/m1/s1. The molecule has 3 N–H and O–H groups in total. The lowest BCUT2D eigenvalue weighted by molar-refractivity contribution is 0.0923. The Morgan fingerprint density at radius 3 is 2.64 bits per heavy atom. The van der Waals surface area contributed by atoms with Crippen LogP contribution in [0.3, 0.4) is 0 Å². The first-order valence-electron chi connectivity index (χ1n) is 14.6. The SMILES string of the molecule is C#CC1(COc2nc(C(=O)N[C@H](C)C3CC3)nc(N3CCC(COc4cc(-c5cn(C)cn5)cnc4N)CC3)n2)CC1. The predicted octanol–water partition coefficient (Wildman–Crippen LogP) is 2.87. The maximum absolute atomic E-state index is 13.1. The van der Waals surface area contributed by atoms with Crippen molar-refractivity contribution in [2.45, 2.75) is 51.5 Å². The summed E-state index contributed by atoms with van der Waals surface area (Å²) in [7, 11) is 1.92. The van der Waals surface area contributed by atoms with Crippen molar-refractivity contribution in [3.8, 4) is 35.4 Å². The minimum Gasteiger partial charge on any atom is -0.489 e. The minimum absolute atomic E-state index is 0.0641. The van der Waals surface area contributed by atoms with Crippen LogP contribution in [0.25, 0.3) is 11.3 Å². The number of pyridine rings is 1. The summed E-state index contributed by atoms with van der Waals surface area (Å²) >= 11 is 0. The molecule has 42 heavy (non-hydrogen) atoms. The Morgan fingerprint density at radius 2 is 1.98 bits per heavy atom. The number of rotatable bonds is 11. The van der Waals surface area contributed by atoms with Gasteiger partial charge in [0.15, 0.2) is 11.6 Å². The number of piperidine rings is 1. The number of hydrogen-bond acceptors (Lipinski definition) is 10. The van der Waals surface area contributed by atoms with Crippen molar-refractivity contribution in [3.63, 3.8) is 0 Å². The van der Waals surface area contributed by atoms with Crippen LogP contribution in [-0.2, 0) is 7.05 Å². The second-order valence-corrected chi connectivity index (χ2v) is 11.8. The van der Waals surface area contributed by atoms with Gasteiger partial charge < -0.3 is 30.0 Å². The van der Waals surface area contributed by atoms with Gasteiger partial charge in [-0.3, -0.25) is 4.79 Å². The fraction of sp³-hybridized carbons (Fsp3) is 0.533. The Labute approximate surface area is 245 Å². The van der Waals surface area contributed by atoms with E-state index in [0.717, 1.165) is 49.8 Å². The molecule has 2 saturated carbocycles. The van der Waals surface area contributed by atoms with Crippen molar-refractivity contribution in [1.82, 2.24) is 34.8 Å². The van der Waals surface area contributed by atoms with Crippen molar-refractivity contribution in [3.05, 3.63) is 30.6 Å². The van der Waals surface area contributed by atoms with Gasteiger partial charge in [0.1, 0.15) is 6.61 Å². The maximum Gasteiger partial charge on any atom is 0.322 e. The molecule has 3 aromatic heterocycles. The minimum atomic E-state index is -0.316. The summed E-state index contributed by atoms with van der Waals surface area (Å²) in [6.45, 7) is 4.26.